The van der Waals surface area contributed by atoms with Crippen LogP contribution in [0.25, 0.3) is 0 Å². The van der Waals surface area contributed by atoms with Crippen LogP contribution in [-0.4, -0.2) is 66.3 Å². The molecule has 1 aliphatic heterocycles. The normalized spacial score (nSPS) is 16.8. The van der Waals surface area contributed by atoms with Crippen molar-refractivity contribution < 1.29 is 9.59 Å². The predicted molar refractivity (Wildman–Crippen MR) is 112 cm³/mol. The Kier molecular flexibility index (Phi) is 5.78. The number of amides is 2. The van der Waals surface area contributed by atoms with Crippen LogP contribution < -0.4 is 0 Å². The lowest BCUT2D eigenvalue weighted by atomic mass is 10.2. The fourth-order valence-corrected chi connectivity index (χ4v) is 5.24. The van der Waals surface area contributed by atoms with Crippen molar-refractivity contribution in [2.45, 2.75) is 25.8 Å². The molecule has 0 N–H and O–H groups in total. The summed E-state index contributed by atoms with van der Waals surface area (Å²) >= 11 is 1.60. The first kappa shape index (κ1) is 19.2. The summed E-state index contributed by atoms with van der Waals surface area (Å²) in [5, 5.41) is 0. The third-order valence-electron chi connectivity index (χ3n) is 5.65. The molecule has 0 unspecified atom stereocenters. The maximum atomic E-state index is 12.7. The van der Waals surface area contributed by atoms with Gasteiger partial charge in [0.1, 0.15) is 0 Å². The lowest BCUT2D eigenvalue weighted by Gasteiger charge is -2.35. The molecule has 2 aromatic rings. The lowest BCUT2D eigenvalue weighted by molar-refractivity contribution is -0.133. The smallest absolute Gasteiger partial charge is 0.264 e. The highest BCUT2D eigenvalue weighted by atomic mass is 32.1. The van der Waals surface area contributed by atoms with E-state index < -0.39 is 0 Å². The molecule has 1 aromatic heterocycles. The third-order valence-corrected chi connectivity index (χ3v) is 6.88. The summed E-state index contributed by atoms with van der Waals surface area (Å²) in [7, 11) is 1.73. The Balaban J connectivity index is 1.26. The largest absolute Gasteiger partial charge is 0.339 e. The van der Waals surface area contributed by atoms with E-state index in [-0.39, 0.29) is 18.4 Å². The van der Waals surface area contributed by atoms with Gasteiger partial charge in [0.2, 0.25) is 5.91 Å². The van der Waals surface area contributed by atoms with Crippen molar-refractivity contribution in [1.82, 2.24) is 14.7 Å². The van der Waals surface area contributed by atoms with Crippen molar-refractivity contribution in [1.29, 1.82) is 0 Å². The highest BCUT2D eigenvalue weighted by Crippen LogP contribution is 2.31. The van der Waals surface area contributed by atoms with E-state index in [1.54, 1.807) is 23.3 Å². The fraction of sp³-hybridized carbons (Fsp3) is 0.455. The van der Waals surface area contributed by atoms with Crippen LogP contribution in [-0.2, 0) is 24.2 Å². The SMILES string of the molecule is CN(CC(=O)N1CCN(Cc2ccccc2)CC1)C(=O)c1cc2c(s1)CCC2. The molecule has 0 bridgehead atoms. The van der Waals surface area contributed by atoms with E-state index in [2.05, 4.69) is 29.2 Å². The molecule has 0 saturated carbocycles. The zero-order chi connectivity index (χ0) is 19.5. The molecule has 0 spiro atoms. The van der Waals surface area contributed by atoms with Crippen LogP contribution in [0.2, 0.25) is 0 Å². The average Bonchev–Trinajstić information content (AvgIpc) is 3.31. The number of benzene rings is 1. The minimum atomic E-state index is -0.0320. The molecule has 1 aromatic carbocycles. The van der Waals surface area contributed by atoms with Gasteiger partial charge in [-0.25, -0.2) is 0 Å². The minimum Gasteiger partial charge on any atom is -0.339 e. The second-order valence-electron chi connectivity index (χ2n) is 7.72. The van der Waals surface area contributed by atoms with Crippen LogP contribution in [0.1, 0.15) is 32.1 Å². The van der Waals surface area contributed by atoms with Gasteiger partial charge in [0.15, 0.2) is 0 Å². The van der Waals surface area contributed by atoms with Gasteiger partial charge in [-0.1, -0.05) is 30.3 Å². The van der Waals surface area contributed by atoms with Gasteiger partial charge < -0.3 is 9.80 Å². The summed E-state index contributed by atoms with van der Waals surface area (Å²) in [6.45, 7) is 4.26. The van der Waals surface area contributed by atoms with Gasteiger partial charge in [-0.05, 0) is 36.5 Å². The minimum absolute atomic E-state index is 0.0320. The number of carbonyl (C=O) groups is 2. The molecule has 2 aliphatic rings. The van der Waals surface area contributed by atoms with E-state index in [1.165, 1.54) is 22.4 Å². The van der Waals surface area contributed by atoms with Crippen molar-refractivity contribution in [3.8, 4) is 0 Å². The van der Waals surface area contributed by atoms with E-state index in [1.807, 2.05) is 17.0 Å². The number of hydrogen-bond acceptors (Lipinski definition) is 4. The molecule has 1 fully saturated rings. The number of hydrogen-bond donors (Lipinski definition) is 0. The Morgan fingerprint density at radius 2 is 1.82 bits per heavy atom. The Bertz CT molecular complexity index is 819. The van der Waals surface area contributed by atoms with Crippen molar-refractivity contribution >= 4 is 23.2 Å². The molecular weight excluding hydrogens is 370 g/mol. The first-order chi connectivity index (χ1) is 13.6. The molecule has 0 radical (unpaired) electrons. The van der Waals surface area contributed by atoms with Gasteiger partial charge in [0.25, 0.3) is 5.91 Å². The molecule has 1 saturated heterocycles. The van der Waals surface area contributed by atoms with Crippen molar-refractivity contribution in [3.63, 3.8) is 0 Å². The third kappa shape index (κ3) is 4.28. The second-order valence-corrected chi connectivity index (χ2v) is 8.85. The summed E-state index contributed by atoms with van der Waals surface area (Å²) < 4.78 is 0. The van der Waals surface area contributed by atoms with Crippen molar-refractivity contribution in [2.24, 2.45) is 0 Å². The van der Waals surface area contributed by atoms with Gasteiger partial charge in [0.05, 0.1) is 11.4 Å². The Morgan fingerprint density at radius 1 is 1.07 bits per heavy atom. The van der Waals surface area contributed by atoms with Gasteiger partial charge >= 0.3 is 0 Å². The molecular formula is C22H27N3O2S. The zero-order valence-corrected chi connectivity index (χ0v) is 17.2. The molecule has 0 atom stereocenters. The zero-order valence-electron chi connectivity index (χ0n) is 16.4. The Labute approximate surface area is 170 Å². The summed E-state index contributed by atoms with van der Waals surface area (Å²) in [5.74, 6) is 0.00905. The van der Waals surface area contributed by atoms with E-state index in [0.29, 0.717) is 0 Å². The van der Waals surface area contributed by atoms with E-state index in [9.17, 15) is 9.59 Å². The van der Waals surface area contributed by atoms with Crippen LogP contribution in [0.4, 0.5) is 0 Å². The first-order valence-corrected chi connectivity index (χ1v) is 10.8. The monoisotopic (exact) mass is 397 g/mol. The topological polar surface area (TPSA) is 43.9 Å². The standard InChI is InChI=1S/C22H27N3O2S/c1-23(22(27)20-14-18-8-5-9-19(18)28-20)16-21(26)25-12-10-24(11-13-25)15-17-6-3-2-4-7-17/h2-4,6-7,14H,5,8-13,15-16H2,1H3. The number of carbonyl (C=O) groups excluding carboxylic acids is 2. The highest BCUT2D eigenvalue weighted by Gasteiger charge is 2.25. The summed E-state index contributed by atoms with van der Waals surface area (Å²) in [6, 6.07) is 12.5. The number of piperazine rings is 1. The maximum Gasteiger partial charge on any atom is 0.264 e. The van der Waals surface area contributed by atoms with Gasteiger partial charge in [-0.15, -0.1) is 11.3 Å². The highest BCUT2D eigenvalue weighted by molar-refractivity contribution is 7.14. The van der Waals surface area contributed by atoms with Gasteiger partial charge in [-0.2, -0.15) is 0 Å². The van der Waals surface area contributed by atoms with Crippen molar-refractivity contribution in [2.75, 3.05) is 39.8 Å². The Hall–Kier alpha value is -2.18. The molecule has 6 heteroatoms. The molecule has 28 heavy (non-hydrogen) atoms. The summed E-state index contributed by atoms with van der Waals surface area (Å²) in [5.41, 5.74) is 2.62. The van der Waals surface area contributed by atoms with Crippen LogP contribution in [0.3, 0.4) is 0 Å². The fourth-order valence-electron chi connectivity index (χ4n) is 3.99. The van der Waals surface area contributed by atoms with Crippen molar-refractivity contribution in [3.05, 3.63) is 57.3 Å². The van der Waals surface area contributed by atoms with Crippen LogP contribution in [0.15, 0.2) is 36.4 Å². The molecule has 2 heterocycles. The number of likely N-dealkylation sites (N-methyl/N-ethyl adjacent to an activating group) is 1. The molecule has 5 nitrogen and oxygen atoms in total. The predicted octanol–water partition coefficient (Wildman–Crippen LogP) is 2.65. The quantitative estimate of drug-likeness (QED) is 0.779. The second kappa shape index (κ2) is 8.45. The number of thiophene rings is 1. The summed E-state index contributed by atoms with van der Waals surface area (Å²) in [6.07, 6.45) is 3.36. The Morgan fingerprint density at radius 3 is 2.54 bits per heavy atom. The van der Waals surface area contributed by atoms with Gasteiger partial charge in [-0.3, -0.25) is 14.5 Å². The van der Waals surface area contributed by atoms with E-state index in [4.69, 9.17) is 0 Å². The average molecular weight is 398 g/mol. The lowest BCUT2D eigenvalue weighted by Crippen LogP contribution is -2.51. The number of rotatable bonds is 5. The van der Waals surface area contributed by atoms with E-state index in [0.717, 1.165) is 50.4 Å². The van der Waals surface area contributed by atoms with Crippen LogP contribution in [0, 0.1) is 0 Å². The van der Waals surface area contributed by atoms with Gasteiger partial charge in [0, 0.05) is 44.6 Å². The van der Waals surface area contributed by atoms with Crippen LogP contribution >= 0.6 is 11.3 Å². The van der Waals surface area contributed by atoms with Crippen LogP contribution in [0.5, 0.6) is 0 Å². The molecule has 1 aliphatic carbocycles. The maximum absolute atomic E-state index is 12.7. The molecule has 4 rings (SSSR count). The molecule has 2 amide bonds. The number of nitrogens with zero attached hydrogens (tertiary/aromatic N) is 3. The number of fused-ring (bicyclic) bond motifs is 1. The number of aryl methyl sites for hydroxylation is 2. The first-order valence-electron chi connectivity index (χ1n) is 10.0. The van der Waals surface area contributed by atoms with E-state index >= 15 is 0 Å². The molecule has 148 valence electrons. The summed E-state index contributed by atoms with van der Waals surface area (Å²) in [4.78, 5) is 33.3.